The van der Waals surface area contributed by atoms with E-state index in [1.54, 1.807) is 0 Å². The van der Waals surface area contributed by atoms with Gasteiger partial charge in [0.2, 0.25) is 0 Å². The summed E-state index contributed by atoms with van der Waals surface area (Å²) in [6.45, 7) is 0. The van der Waals surface area contributed by atoms with E-state index < -0.39 is 0 Å². The molecule has 0 aliphatic rings. The normalized spacial score (nSPS) is 11.5. The molecule has 46 heavy (non-hydrogen) atoms. The first-order chi connectivity index (χ1) is 22.8. The zero-order chi connectivity index (χ0) is 30.5. The van der Waals surface area contributed by atoms with E-state index >= 15 is 0 Å². The molecule has 6 aromatic carbocycles. The quantitative estimate of drug-likeness (QED) is 0.200. The number of aromatic nitrogens is 4. The highest BCUT2D eigenvalue weighted by atomic mass is 15.2. The van der Waals surface area contributed by atoms with E-state index in [1.807, 2.05) is 30.6 Å². The molecule has 0 aliphatic heterocycles. The molecule has 0 aliphatic carbocycles. The number of para-hydroxylation sites is 1. The largest absolute Gasteiger partial charge is 0.310 e. The summed E-state index contributed by atoms with van der Waals surface area (Å²) < 4.78 is 2.13. The molecule has 0 atom stereocenters. The number of fused-ring (bicyclic) bond motifs is 4. The predicted octanol–water partition coefficient (Wildman–Crippen LogP) is 10.4. The second-order valence-corrected chi connectivity index (χ2v) is 11.4. The van der Waals surface area contributed by atoms with Crippen molar-refractivity contribution in [2.45, 2.75) is 0 Å². The molecule has 5 heteroatoms. The zero-order valence-electron chi connectivity index (χ0n) is 24.8. The van der Waals surface area contributed by atoms with Gasteiger partial charge in [0.25, 0.3) is 0 Å². The summed E-state index contributed by atoms with van der Waals surface area (Å²) in [5.74, 6) is 0.821. The summed E-state index contributed by atoms with van der Waals surface area (Å²) in [6.07, 6.45) is 3.65. The Labute approximate surface area is 265 Å². The van der Waals surface area contributed by atoms with Crippen LogP contribution in [0.3, 0.4) is 0 Å². The van der Waals surface area contributed by atoms with Gasteiger partial charge >= 0.3 is 0 Å². The molecule has 0 N–H and O–H groups in total. The van der Waals surface area contributed by atoms with Gasteiger partial charge < -0.3 is 4.90 Å². The van der Waals surface area contributed by atoms with E-state index in [4.69, 9.17) is 15.0 Å². The van der Waals surface area contributed by atoms with Crippen LogP contribution < -0.4 is 4.90 Å². The minimum atomic E-state index is 0.800. The van der Waals surface area contributed by atoms with Crippen LogP contribution in [0.4, 0.5) is 17.1 Å². The van der Waals surface area contributed by atoms with Gasteiger partial charge in [-0.1, -0.05) is 78.9 Å². The number of hydrogen-bond acceptors (Lipinski definition) is 4. The van der Waals surface area contributed by atoms with Crippen LogP contribution in [0.25, 0.3) is 60.7 Å². The van der Waals surface area contributed by atoms with Crippen molar-refractivity contribution < 1.29 is 0 Å². The van der Waals surface area contributed by atoms with E-state index in [9.17, 15) is 0 Å². The first kappa shape index (κ1) is 26.1. The first-order valence-corrected chi connectivity index (χ1v) is 15.4. The van der Waals surface area contributed by atoms with Crippen molar-refractivity contribution in [3.63, 3.8) is 0 Å². The van der Waals surface area contributed by atoms with E-state index in [0.29, 0.717) is 0 Å². The Morgan fingerprint density at radius 1 is 0.457 bits per heavy atom. The molecule has 0 bridgehead atoms. The molecule has 0 unspecified atom stereocenters. The molecule has 216 valence electrons. The maximum Gasteiger partial charge on any atom is 0.165 e. The average molecular weight is 590 g/mol. The van der Waals surface area contributed by atoms with Gasteiger partial charge in [0.05, 0.1) is 11.2 Å². The lowest BCUT2D eigenvalue weighted by molar-refractivity contribution is 1.08. The molecule has 0 saturated heterocycles. The highest BCUT2D eigenvalue weighted by Crippen LogP contribution is 2.39. The zero-order valence-corrected chi connectivity index (χ0v) is 24.8. The van der Waals surface area contributed by atoms with Crippen molar-refractivity contribution in [1.29, 1.82) is 0 Å². The summed E-state index contributed by atoms with van der Waals surface area (Å²) in [6, 6.07) is 53.2. The molecular formula is C41H27N5. The monoisotopic (exact) mass is 589 g/mol. The van der Waals surface area contributed by atoms with Crippen molar-refractivity contribution in [3.8, 4) is 17.1 Å². The van der Waals surface area contributed by atoms with Gasteiger partial charge in [-0.25, -0.2) is 9.97 Å². The standard InChI is InChI=1S/C41H27N5/c1-3-10-32-26-35(22-16-28(32)8-1)45(36-23-17-29-9-2-4-11-33(29)27-36)34-20-18-31(19-21-34)40-44-37-14-7-25-43-41(37)46(40)38-15-5-12-30-13-6-24-42-39(30)38/h1-27H. The molecule has 3 heterocycles. The topological polar surface area (TPSA) is 46.8 Å². The maximum absolute atomic E-state index is 5.08. The lowest BCUT2D eigenvalue weighted by Gasteiger charge is -2.26. The lowest BCUT2D eigenvalue weighted by atomic mass is 10.1. The number of benzene rings is 6. The van der Waals surface area contributed by atoms with Crippen molar-refractivity contribution in [2.75, 3.05) is 4.90 Å². The van der Waals surface area contributed by atoms with Crippen LogP contribution in [0, 0.1) is 0 Å². The number of anilines is 3. The minimum absolute atomic E-state index is 0.800. The predicted molar refractivity (Wildman–Crippen MR) is 189 cm³/mol. The Balaban J connectivity index is 1.21. The van der Waals surface area contributed by atoms with Crippen molar-refractivity contribution >= 4 is 60.7 Å². The summed E-state index contributed by atoms with van der Waals surface area (Å²) in [4.78, 5) is 16.9. The van der Waals surface area contributed by atoms with Gasteiger partial charge in [-0.05, 0) is 94.3 Å². The van der Waals surface area contributed by atoms with Crippen LogP contribution in [0.1, 0.15) is 0 Å². The average Bonchev–Trinajstić information content (AvgIpc) is 3.51. The summed E-state index contributed by atoms with van der Waals surface area (Å²) >= 11 is 0. The van der Waals surface area contributed by atoms with Gasteiger partial charge in [-0.3, -0.25) is 9.55 Å². The molecule has 0 saturated carbocycles. The molecule has 0 spiro atoms. The van der Waals surface area contributed by atoms with Crippen LogP contribution in [0.2, 0.25) is 0 Å². The van der Waals surface area contributed by atoms with Crippen LogP contribution in [0.15, 0.2) is 164 Å². The molecule has 5 nitrogen and oxygen atoms in total. The highest BCUT2D eigenvalue weighted by Gasteiger charge is 2.19. The van der Waals surface area contributed by atoms with Crippen molar-refractivity contribution in [1.82, 2.24) is 19.5 Å². The lowest BCUT2D eigenvalue weighted by Crippen LogP contribution is -2.10. The maximum atomic E-state index is 5.08. The van der Waals surface area contributed by atoms with Gasteiger partial charge in [-0.2, -0.15) is 0 Å². The Morgan fingerprint density at radius 2 is 1.04 bits per heavy atom. The highest BCUT2D eigenvalue weighted by molar-refractivity contribution is 5.94. The fourth-order valence-electron chi connectivity index (χ4n) is 6.44. The van der Waals surface area contributed by atoms with Crippen molar-refractivity contribution in [3.05, 3.63) is 164 Å². The number of hydrogen-bond donors (Lipinski definition) is 0. The second-order valence-electron chi connectivity index (χ2n) is 11.4. The van der Waals surface area contributed by atoms with Crippen LogP contribution in [0.5, 0.6) is 0 Å². The number of nitrogens with zero attached hydrogens (tertiary/aromatic N) is 5. The number of rotatable bonds is 5. The third kappa shape index (κ3) is 4.37. The molecule has 9 rings (SSSR count). The summed E-state index contributed by atoms with van der Waals surface area (Å²) in [5.41, 5.74) is 7.74. The molecule has 0 radical (unpaired) electrons. The van der Waals surface area contributed by atoms with Gasteiger partial charge in [0.15, 0.2) is 5.65 Å². The van der Waals surface area contributed by atoms with Crippen LogP contribution >= 0.6 is 0 Å². The Kier molecular flexibility index (Phi) is 6.06. The van der Waals surface area contributed by atoms with E-state index in [0.717, 1.165) is 56.2 Å². The number of imidazole rings is 1. The molecule has 9 aromatic rings. The molecule has 0 amide bonds. The smallest absolute Gasteiger partial charge is 0.165 e. The fraction of sp³-hybridized carbons (Fsp3) is 0. The third-order valence-electron chi connectivity index (χ3n) is 8.63. The summed E-state index contributed by atoms with van der Waals surface area (Å²) in [5, 5.41) is 5.91. The summed E-state index contributed by atoms with van der Waals surface area (Å²) in [7, 11) is 0. The SMILES string of the molecule is c1ccc2cc(N(c3ccc(-c4nc5cccnc5n4-c4cccc5cccnc45)cc3)c3ccc4ccccc4c3)ccc2c1. The van der Waals surface area contributed by atoms with Gasteiger partial charge in [0.1, 0.15) is 11.3 Å². The third-order valence-corrected chi connectivity index (χ3v) is 8.63. The molecule has 3 aromatic heterocycles. The Bertz CT molecular complexity index is 2460. The van der Waals surface area contributed by atoms with Crippen molar-refractivity contribution in [2.24, 2.45) is 0 Å². The molecule has 0 fully saturated rings. The van der Waals surface area contributed by atoms with E-state index in [1.165, 1.54) is 21.5 Å². The first-order valence-electron chi connectivity index (χ1n) is 15.4. The van der Waals surface area contributed by atoms with E-state index in [2.05, 4.69) is 143 Å². The fourth-order valence-corrected chi connectivity index (χ4v) is 6.44. The second kappa shape index (κ2) is 10.7. The Hall–Kier alpha value is -6.33. The van der Waals surface area contributed by atoms with Gasteiger partial charge in [-0.15, -0.1) is 0 Å². The van der Waals surface area contributed by atoms with Crippen LogP contribution in [-0.2, 0) is 0 Å². The van der Waals surface area contributed by atoms with Gasteiger partial charge in [0, 0.05) is 40.4 Å². The van der Waals surface area contributed by atoms with Crippen LogP contribution in [-0.4, -0.2) is 19.5 Å². The Morgan fingerprint density at radius 3 is 1.76 bits per heavy atom. The molecular weight excluding hydrogens is 562 g/mol. The van der Waals surface area contributed by atoms with E-state index in [-0.39, 0.29) is 0 Å². The number of pyridine rings is 2. The minimum Gasteiger partial charge on any atom is -0.310 e.